The van der Waals surface area contributed by atoms with Crippen molar-refractivity contribution < 1.29 is 14.0 Å². The van der Waals surface area contributed by atoms with E-state index in [-0.39, 0.29) is 42.2 Å². The second-order valence-corrected chi connectivity index (χ2v) is 9.56. The molecule has 2 aromatic carbocycles. The predicted octanol–water partition coefficient (Wildman–Crippen LogP) is 4.79. The maximum atomic E-state index is 14.8. The highest BCUT2D eigenvalue weighted by Crippen LogP contribution is 2.41. The lowest BCUT2D eigenvalue weighted by Gasteiger charge is -2.31. The molecule has 1 aromatic heterocycles. The quantitative estimate of drug-likeness (QED) is 0.607. The van der Waals surface area contributed by atoms with Crippen LogP contribution in [0.2, 0.25) is 0 Å². The van der Waals surface area contributed by atoms with Gasteiger partial charge in [-0.1, -0.05) is 30.3 Å². The van der Waals surface area contributed by atoms with E-state index >= 15 is 0 Å². The SMILES string of the molecule is Cc1[nH]c2c(C)ccc(C)c2c1CC(=O)N1[C@@H](c2ccccc2F)C[C@@H]2NC(=O)CCC[C@H]21. The number of benzene rings is 2. The average Bonchev–Trinajstić information content (AvgIpc) is 3.23. The van der Waals surface area contributed by atoms with Crippen LogP contribution in [0.1, 0.15) is 59.7 Å². The van der Waals surface area contributed by atoms with E-state index in [1.807, 2.05) is 17.9 Å². The van der Waals surface area contributed by atoms with Crippen LogP contribution in [0.5, 0.6) is 0 Å². The Kier molecular flexibility index (Phi) is 5.47. The van der Waals surface area contributed by atoms with Gasteiger partial charge in [0.15, 0.2) is 0 Å². The summed E-state index contributed by atoms with van der Waals surface area (Å²) >= 11 is 0. The molecule has 5 nitrogen and oxygen atoms in total. The van der Waals surface area contributed by atoms with Crippen molar-refractivity contribution in [2.24, 2.45) is 0 Å². The van der Waals surface area contributed by atoms with E-state index in [1.54, 1.807) is 12.1 Å². The first-order valence-corrected chi connectivity index (χ1v) is 11.8. The summed E-state index contributed by atoms with van der Waals surface area (Å²) in [6.45, 7) is 6.14. The molecule has 172 valence electrons. The van der Waals surface area contributed by atoms with Gasteiger partial charge in [0.1, 0.15) is 5.82 Å². The molecule has 0 aliphatic carbocycles. The van der Waals surface area contributed by atoms with Gasteiger partial charge in [-0.05, 0) is 62.8 Å². The van der Waals surface area contributed by atoms with Gasteiger partial charge in [-0.2, -0.15) is 0 Å². The van der Waals surface area contributed by atoms with Gasteiger partial charge in [0.25, 0.3) is 0 Å². The smallest absolute Gasteiger partial charge is 0.227 e. The third kappa shape index (κ3) is 3.71. The summed E-state index contributed by atoms with van der Waals surface area (Å²) in [6, 6.07) is 10.2. The Morgan fingerprint density at radius 1 is 1.12 bits per heavy atom. The highest BCUT2D eigenvalue weighted by Gasteiger charge is 2.46. The van der Waals surface area contributed by atoms with Gasteiger partial charge in [0.2, 0.25) is 11.8 Å². The summed E-state index contributed by atoms with van der Waals surface area (Å²) in [5, 5.41) is 4.20. The number of fused-ring (bicyclic) bond motifs is 2. The van der Waals surface area contributed by atoms with Gasteiger partial charge in [-0.25, -0.2) is 4.39 Å². The molecule has 3 heterocycles. The molecule has 0 spiro atoms. The van der Waals surface area contributed by atoms with Gasteiger partial charge < -0.3 is 15.2 Å². The van der Waals surface area contributed by atoms with E-state index in [1.165, 1.54) is 6.07 Å². The van der Waals surface area contributed by atoms with Crippen molar-refractivity contribution in [3.8, 4) is 0 Å². The number of rotatable bonds is 3. The van der Waals surface area contributed by atoms with E-state index in [2.05, 4.69) is 36.3 Å². The first-order valence-electron chi connectivity index (χ1n) is 11.8. The number of nitrogens with zero attached hydrogens (tertiary/aromatic N) is 1. The van der Waals surface area contributed by atoms with Crippen molar-refractivity contribution in [2.75, 3.05) is 0 Å². The molecule has 2 fully saturated rings. The van der Waals surface area contributed by atoms with Crippen molar-refractivity contribution in [1.29, 1.82) is 0 Å². The highest BCUT2D eigenvalue weighted by molar-refractivity contribution is 5.94. The number of carbonyl (C=O) groups excluding carboxylic acids is 2. The van der Waals surface area contributed by atoms with E-state index in [9.17, 15) is 14.0 Å². The second kappa shape index (κ2) is 8.32. The van der Waals surface area contributed by atoms with Gasteiger partial charge in [-0.15, -0.1) is 0 Å². The summed E-state index contributed by atoms with van der Waals surface area (Å²) < 4.78 is 14.8. The summed E-state index contributed by atoms with van der Waals surface area (Å²) in [5.41, 5.74) is 5.87. The van der Waals surface area contributed by atoms with Crippen LogP contribution in [-0.4, -0.2) is 33.8 Å². The highest BCUT2D eigenvalue weighted by atomic mass is 19.1. The van der Waals surface area contributed by atoms with E-state index in [0.717, 1.165) is 46.1 Å². The first kappa shape index (κ1) is 21.7. The van der Waals surface area contributed by atoms with E-state index < -0.39 is 0 Å². The van der Waals surface area contributed by atoms with Crippen LogP contribution in [0.4, 0.5) is 4.39 Å². The summed E-state index contributed by atoms with van der Waals surface area (Å²) in [6.07, 6.45) is 2.72. The van der Waals surface area contributed by atoms with E-state index in [0.29, 0.717) is 18.4 Å². The zero-order valence-corrected chi connectivity index (χ0v) is 19.4. The molecule has 0 radical (unpaired) electrons. The third-order valence-corrected chi connectivity index (χ3v) is 7.45. The number of aromatic amines is 1. The molecule has 5 rings (SSSR count). The number of nitrogens with one attached hydrogen (secondary N) is 2. The molecular weight excluding hydrogens is 417 g/mol. The molecule has 0 bridgehead atoms. The van der Waals surface area contributed by atoms with Gasteiger partial charge in [0, 0.05) is 28.6 Å². The number of H-pyrrole nitrogens is 1. The lowest BCUT2D eigenvalue weighted by Crippen LogP contribution is -2.45. The van der Waals surface area contributed by atoms with Gasteiger partial charge >= 0.3 is 0 Å². The molecular formula is C27H30FN3O2. The minimum absolute atomic E-state index is 0.0163. The van der Waals surface area contributed by atoms with Crippen molar-refractivity contribution >= 4 is 22.7 Å². The number of halogens is 1. The Labute approximate surface area is 193 Å². The summed E-state index contributed by atoms with van der Waals surface area (Å²) in [4.78, 5) is 31.5. The van der Waals surface area contributed by atoms with Crippen molar-refractivity contribution in [2.45, 2.75) is 71.0 Å². The van der Waals surface area contributed by atoms with Crippen molar-refractivity contribution in [1.82, 2.24) is 15.2 Å². The van der Waals surface area contributed by atoms with Gasteiger partial charge in [0.05, 0.1) is 24.5 Å². The van der Waals surface area contributed by atoms with Crippen LogP contribution in [0.3, 0.4) is 0 Å². The molecule has 2 aliphatic rings. The first-order chi connectivity index (χ1) is 15.8. The molecule has 2 N–H and O–H groups in total. The lowest BCUT2D eigenvalue weighted by atomic mass is 9.99. The molecule has 2 amide bonds. The number of aryl methyl sites for hydroxylation is 3. The fourth-order valence-electron chi connectivity index (χ4n) is 5.84. The molecule has 6 heteroatoms. The third-order valence-electron chi connectivity index (χ3n) is 7.45. The molecule has 0 unspecified atom stereocenters. The average molecular weight is 448 g/mol. The number of aromatic nitrogens is 1. The monoisotopic (exact) mass is 447 g/mol. The zero-order valence-electron chi connectivity index (χ0n) is 19.4. The predicted molar refractivity (Wildman–Crippen MR) is 126 cm³/mol. The van der Waals surface area contributed by atoms with Gasteiger partial charge in [-0.3, -0.25) is 9.59 Å². The Balaban J connectivity index is 1.55. The topological polar surface area (TPSA) is 65.2 Å². The summed E-state index contributed by atoms with van der Waals surface area (Å²) in [7, 11) is 0. The number of hydrogen-bond acceptors (Lipinski definition) is 2. The normalized spacial score (nSPS) is 22.8. The van der Waals surface area contributed by atoms with Crippen LogP contribution >= 0.6 is 0 Å². The molecule has 3 aromatic rings. The number of likely N-dealkylation sites (tertiary alicyclic amines) is 1. The second-order valence-electron chi connectivity index (χ2n) is 9.56. The van der Waals surface area contributed by atoms with Crippen LogP contribution in [0, 0.1) is 26.6 Å². The maximum Gasteiger partial charge on any atom is 0.227 e. The Hall–Kier alpha value is -3.15. The van der Waals surface area contributed by atoms with Crippen LogP contribution < -0.4 is 5.32 Å². The molecule has 0 saturated carbocycles. The van der Waals surface area contributed by atoms with Crippen molar-refractivity contribution in [3.63, 3.8) is 0 Å². The molecule has 33 heavy (non-hydrogen) atoms. The van der Waals surface area contributed by atoms with Crippen molar-refractivity contribution in [3.05, 3.63) is 70.2 Å². The maximum absolute atomic E-state index is 14.8. The number of carbonyl (C=O) groups is 2. The standard InChI is InChI=1S/C27H30FN3O2/c1-15-11-12-16(2)27-26(15)19(17(3)29-27)13-25(33)31-22-9-6-10-24(32)30-21(22)14-23(31)18-7-4-5-8-20(18)28/h4-5,7-8,11-12,21-23,29H,6,9-10,13-14H2,1-3H3,(H,30,32)/t21-,22+,23+/m0/s1. The zero-order chi connectivity index (χ0) is 23.3. The fraction of sp³-hybridized carbons (Fsp3) is 0.407. The van der Waals surface area contributed by atoms with Crippen LogP contribution in [-0.2, 0) is 16.0 Å². The molecule has 2 saturated heterocycles. The van der Waals surface area contributed by atoms with E-state index in [4.69, 9.17) is 0 Å². The Morgan fingerprint density at radius 3 is 2.67 bits per heavy atom. The minimum Gasteiger partial charge on any atom is -0.358 e. The molecule has 2 aliphatic heterocycles. The lowest BCUT2D eigenvalue weighted by molar-refractivity contribution is -0.134. The van der Waals surface area contributed by atoms with Crippen LogP contribution in [0.15, 0.2) is 36.4 Å². The van der Waals surface area contributed by atoms with Crippen LogP contribution in [0.25, 0.3) is 10.9 Å². The largest absolute Gasteiger partial charge is 0.358 e. The minimum atomic E-state index is -0.388. The number of hydrogen-bond donors (Lipinski definition) is 2. The summed E-state index contributed by atoms with van der Waals surface area (Å²) in [5.74, 6) is -0.308. The molecule has 3 atom stereocenters. The Bertz CT molecular complexity index is 1250. The fourth-order valence-corrected chi connectivity index (χ4v) is 5.84. The number of amides is 2. The Morgan fingerprint density at radius 2 is 1.88 bits per heavy atom.